The summed E-state index contributed by atoms with van der Waals surface area (Å²) in [5, 5.41) is 13.4. The van der Waals surface area contributed by atoms with Gasteiger partial charge in [-0.1, -0.05) is 48.0 Å². The quantitative estimate of drug-likeness (QED) is 0.399. The summed E-state index contributed by atoms with van der Waals surface area (Å²) >= 11 is 6.32. The van der Waals surface area contributed by atoms with Crippen LogP contribution in [-0.4, -0.2) is 22.0 Å². The van der Waals surface area contributed by atoms with Gasteiger partial charge < -0.3 is 10.4 Å². The van der Waals surface area contributed by atoms with Crippen LogP contribution in [-0.2, 0) is 0 Å². The molecule has 0 fully saturated rings. The molecule has 0 saturated carbocycles. The van der Waals surface area contributed by atoms with Gasteiger partial charge in [0.2, 0.25) is 0 Å². The number of benzene rings is 3. The van der Waals surface area contributed by atoms with Gasteiger partial charge in [0, 0.05) is 16.5 Å². The van der Waals surface area contributed by atoms with Crippen molar-refractivity contribution in [3.05, 3.63) is 100 Å². The maximum atomic E-state index is 14.7. The minimum atomic E-state index is -1.20. The van der Waals surface area contributed by atoms with Crippen molar-refractivity contribution in [2.24, 2.45) is 0 Å². The third kappa shape index (κ3) is 4.05. The third-order valence-electron chi connectivity index (χ3n) is 5.17. The van der Waals surface area contributed by atoms with Crippen LogP contribution in [0.4, 0.5) is 4.39 Å². The molecule has 4 aromatic rings. The summed E-state index contributed by atoms with van der Waals surface area (Å²) in [4.78, 5) is 29.0. The first-order valence-corrected chi connectivity index (χ1v) is 10.2. The summed E-state index contributed by atoms with van der Waals surface area (Å²) in [7, 11) is 0. The molecule has 1 heterocycles. The van der Waals surface area contributed by atoms with E-state index in [0.717, 1.165) is 5.39 Å². The van der Waals surface area contributed by atoms with Crippen LogP contribution in [0.15, 0.2) is 72.8 Å². The van der Waals surface area contributed by atoms with E-state index in [1.165, 1.54) is 18.2 Å². The number of hydrogen-bond donors (Lipinski definition) is 2. The van der Waals surface area contributed by atoms with Gasteiger partial charge in [-0.15, -0.1) is 0 Å². The van der Waals surface area contributed by atoms with Crippen molar-refractivity contribution in [2.45, 2.75) is 13.0 Å². The lowest BCUT2D eigenvalue weighted by Crippen LogP contribution is -2.28. The second kappa shape index (κ2) is 8.77. The first-order valence-electron chi connectivity index (χ1n) is 9.84. The average molecular weight is 449 g/mol. The summed E-state index contributed by atoms with van der Waals surface area (Å²) in [5.41, 5.74) is 1.65. The lowest BCUT2D eigenvalue weighted by molar-refractivity contribution is 0.0690. The van der Waals surface area contributed by atoms with Gasteiger partial charge >= 0.3 is 5.97 Å². The fraction of sp³-hybridized carbons (Fsp3) is 0.0800. The van der Waals surface area contributed by atoms with Crippen molar-refractivity contribution in [1.29, 1.82) is 0 Å². The maximum absolute atomic E-state index is 14.7. The molecule has 32 heavy (non-hydrogen) atoms. The van der Waals surface area contributed by atoms with Gasteiger partial charge in [-0.2, -0.15) is 0 Å². The molecule has 5 nitrogen and oxygen atoms in total. The largest absolute Gasteiger partial charge is 0.478 e. The zero-order valence-corrected chi connectivity index (χ0v) is 17.7. The number of pyridine rings is 1. The summed E-state index contributed by atoms with van der Waals surface area (Å²) < 4.78 is 14.7. The molecule has 0 aliphatic carbocycles. The van der Waals surface area contributed by atoms with E-state index in [0.29, 0.717) is 21.8 Å². The Morgan fingerprint density at radius 2 is 1.69 bits per heavy atom. The second-order valence-corrected chi connectivity index (χ2v) is 7.67. The Morgan fingerprint density at radius 3 is 2.41 bits per heavy atom. The molecular weight excluding hydrogens is 431 g/mol. The monoisotopic (exact) mass is 448 g/mol. The minimum Gasteiger partial charge on any atom is -0.478 e. The number of amides is 1. The standard InChI is InChI=1S/C25H18ClFN2O3/c1-14(28-24(30)16-8-2-3-9-17(16)25(31)32)19-13-15-7-6-11-20(26)22(15)29-23(19)18-10-4-5-12-21(18)27/h2-14H,1H3,(H,28,30)(H,31,32). The zero-order valence-electron chi connectivity index (χ0n) is 17.0. The number of aromatic carboxylic acids is 1. The molecule has 160 valence electrons. The highest BCUT2D eigenvalue weighted by atomic mass is 35.5. The Kier molecular flexibility index (Phi) is 5.88. The number of carbonyl (C=O) groups excluding carboxylic acids is 1. The molecule has 0 aliphatic rings. The number of carbonyl (C=O) groups is 2. The van der Waals surface area contributed by atoms with Crippen LogP contribution in [0.25, 0.3) is 22.2 Å². The molecule has 0 aliphatic heterocycles. The molecule has 1 unspecified atom stereocenters. The molecule has 7 heteroatoms. The van der Waals surface area contributed by atoms with Gasteiger partial charge in [0.15, 0.2) is 0 Å². The summed E-state index contributed by atoms with van der Waals surface area (Å²) in [6.07, 6.45) is 0. The topological polar surface area (TPSA) is 79.3 Å². The fourth-order valence-corrected chi connectivity index (χ4v) is 3.82. The predicted octanol–water partition coefficient (Wildman–Crippen LogP) is 5.88. The lowest BCUT2D eigenvalue weighted by atomic mass is 9.97. The van der Waals surface area contributed by atoms with E-state index in [4.69, 9.17) is 11.6 Å². The highest BCUT2D eigenvalue weighted by Crippen LogP contribution is 2.33. The molecule has 0 spiro atoms. The van der Waals surface area contributed by atoms with E-state index in [2.05, 4.69) is 10.3 Å². The first kappa shape index (κ1) is 21.5. The molecule has 0 bridgehead atoms. The molecule has 2 N–H and O–H groups in total. The normalized spacial score (nSPS) is 11.8. The maximum Gasteiger partial charge on any atom is 0.336 e. The number of nitrogens with zero attached hydrogens (tertiary/aromatic N) is 1. The van der Waals surface area contributed by atoms with Crippen molar-refractivity contribution in [3.63, 3.8) is 0 Å². The van der Waals surface area contributed by atoms with Crippen LogP contribution in [0.1, 0.15) is 39.2 Å². The first-order chi connectivity index (χ1) is 15.4. The number of rotatable bonds is 5. The van der Waals surface area contributed by atoms with E-state index in [-0.39, 0.29) is 16.7 Å². The van der Waals surface area contributed by atoms with E-state index in [9.17, 15) is 19.1 Å². The lowest BCUT2D eigenvalue weighted by Gasteiger charge is -2.20. The van der Waals surface area contributed by atoms with Crippen LogP contribution in [0, 0.1) is 5.82 Å². The molecule has 0 radical (unpaired) electrons. The molecule has 4 rings (SSSR count). The summed E-state index contributed by atoms with van der Waals surface area (Å²) in [6.45, 7) is 1.74. The SMILES string of the molecule is CC(NC(=O)c1ccccc1C(=O)O)c1cc2cccc(Cl)c2nc1-c1ccccc1F. The number of carboxylic acids is 1. The van der Waals surface area contributed by atoms with Gasteiger partial charge in [0.1, 0.15) is 5.82 Å². The number of para-hydroxylation sites is 1. The van der Waals surface area contributed by atoms with Gasteiger partial charge in [-0.3, -0.25) is 4.79 Å². The van der Waals surface area contributed by atoms with Crippen molar-refractivity contribution in [2.75, 3.05) is 0 Å². The number of halogens is 2. The van der Waals surface area contributed by atoms with Crippen molar-refractivity contribution in [1.82, 2.24) is 10.3 Å². The van der Waals surface area contributed by atoms with E-state index < -0.39 is 23.7 Å². The van der Waals surface area contributed by atoms with Gasteiger partial charge in [-0.05, 0) is 43.3 Å². The highest BCUT2D eigenvalue weighted by Gasteiger charge is 2.22. The average Bonchev–Trinajstić information content (AvgIpc) is 2.79. The van der Waals surface area contributed by atoms with Gasteiger partial charge in [-0.25, -0.2) is 14.2 Å². The molecule has 0 saturated heterocycles. The summed E-state index contributed by atoms with van der Waals surface area (Å²) in [6, 6.07) is 18.7. The van der Waals surface area contributed by atoms with E-state index in [1.54, 1.807) is 49.4 Å². The molecule has 1 amide bonds. The summed E-state index contributed by atoms with van der Waals surface area (Å²) in [5.74, 6) is -2.21. The predicted molar refractivity (Wildman–Crippen MR) is 121 cm³/mol. The van der Waals surface area contributed by atoms with Crippen molar-refractivity contribution >= 4 is 34.4 Å². The Hall–Kier alpha value is -3.77. The smallest absolute Gasteiger partial charge is 0.336 e. The van der Waals surface area contributed by atoms with E-state index in [1.807, 2.05) is 12.1 Å². The number of fused-ring (bicyclic) bond motifs is 1. The third-order valence-corrected chi connectivity index (χ3v) is 5.48. The van der Waals surface area contributed by atoms with Crippen LogP contribution in [0.3, 0.4) is 0 Å². The molecule has 1 aromatic heterocycles. The van der Waals surface area contributed by atoms with Crippen LogP contribution < -0.4 is 5.32 Å². The molecule has 1 atom stereocenters. The number of nitrogens with one attached hydrogen (secondary N) is 1. The number of hydrogen-bond acceptors (Lipinski definition) is 3. The van der Waals surface area contributed by atoms with Crippen molar-refractivity contribution < 1.29 is 19.1 Å². The Bertz CT molecular complexity index is 1360. The Balaban J connectivity index is 1.81. The number of aromatic nitrogens is 1. The Labute approximate surface area is 188 Å². The van der Waals surface area contributed by atoms with Crippen molar-refractivity contribution in [3.8, 4) is 11.3 Å². The molecule has 3 aromatic carbocycles. The minimum absolute atomic E-state index is 0.0380. The Morgan fingerprint density at radius 1 is 1.00 bits per heavy atom. The van der Waals surface area contributed by atoms with Crippen LogP contribution in [0.5, 0.6) is 0 Å². The highest BCUT2D eigenvalue weighted by molar-refractivity contribution is 6.35. The zero-order chi connectivity index (χ0) is 22.8. The van der Waals surface area contributed by atoms with E-state index >= 15 is 0 Å². The van der Waals surface area contributed by atoms with Gasteiger partial charge in [0.25, 0.3) is 5.91 Å². The fourth-order valence-electron chi connectivity index (χ4n) is 3.60. The van der Waals surface area contributed by atoms with Crippen LogP contribution >= 0.6 is 11.6 Å². The van der Waals surface area contributed by atoms with Crippen LogP contribution in [0.2, 0.25) is 5.02 Å². The number of carboxylic acid groups (broad SMARTS) is 1. The van der Waals surface area contributed by atoms with Gasteiger partial charge in [0.05, 0.1) is 33.4 Å². The second-order valence-electron chi connectivity index (χ2n) is 7.26. The molecular formula is C25H18ClFN2O3.